The molecule has 0 bridgehead atoms. The van der Waals surface area contributed by atoms with Gasteiger partial charge in [0.25, 0.3) is 0 Å². The van der Waals surface area contributed by atoms with E-state index < -0.39 is 23.7 Å². The Bertz CT molecular complexity index is 985. The van der Waals surface area contributed by atoms with Crippen LogP contribution in [0.4, 0.5) is 15.8 Å². The average molecular weight is 380 g/mol. The van der Waals surface area contributed by atoms with E-state index in [0.29, 0.717) is 23.3 Å². The Labute approximate surface area is 162 Å². The minimum absolute atomic E-state index is 0.224. The molecular formula is C22H21FN2O3. The highest BCUT2D eigenvalue weighted by molar-refractivity contribution is 6.11. The summed E-state index contributed by atoms with van der Waals surface area (Å²) in [4.78, 5) is 25.7. The number of esters is 1. The third kappa shape index (κ3) is 2.95. The van der Waals surface area contributed by atoms with Crippen molar-refractivity contribution in [2.24, 2.45) is 11.8 Å². The number of hydrogen-bond donors (Lipinski definition) is 2. The molecule has 0 radical (unpaired) electrons. The molecule has 3 atom stereocenters. The van der Waals surface area contributed by atoms with Crippen molar-refractivity contribution in [1.82, 2.24) is 0 Å². The van der Waals surface area contributed by atoms with Crippen LogP contribution in [-0.2, 0) is 14.3 Å². The number of ether oxygens (including phenoxy) is 1. The number of Topliss-reactive ketones (excluding diaryl/α,β-unsaturated/α-hetero) is 1. The molecule has 2 aromatic rings. The molecule has 1 aliphatic carbocycles. The fourth-order valence-corrected chi connectivity index (χ4v) is 4.08. The second-order valence-corrected chi connectivity index (χ2v) is 7.21. The number of nitrogens with one attached hydrogen (secondary N) is 2. The maximum absolute atomic E-state index is 14.7. The lowest BCUT2D eigenvalue weighted by molar-refractivity contribution is -0.151. The van der Waals surface area contributed by atoms with Gasteiger partial charge >= 0.3 is 5.97 Å². The zero-order chi connectivity index (χ0) is 19.8. The van der Waals surface area contributed by atoms with E-state index in [1.807, 2.05) is 31.2 Å². The van der Waals surface area contributed by atoms with Crippen molar-refractivity contribution in [3.63, 3.8) is 0 Å². The van der Waals surface area contributed by atoms with Gasteiger partial charge in [-0.05, 0) is 30.5 Å². The Morgan fingerprint density at radius 3 is 2.50 bits per heavy atom. The lowest BCUT2D eigenvalue weighted by Gasteiger charge is -2.32. The lowest BCUT2D eigenvalue weighted by Crippen LogP contribution is -2.39. The van der Waals surface area contributed by atoms with Crippen LogP contribution in [0.1, 0.15) is 24.9 Å². The number of hydrogen-bond acceptors (Lipinski definition) is 5. The average Bonchev–Trinajstić information content (AvgIpc) is 2.84. The molecule has 1 aliphatic heterocycles. The summed E-state index contributed by atoms with van der Waals surface area (Å²) in [6.45, 7) is 1.85. The van der Waals surface area contributed by atoms with Crippen molar-refractivity contribution in [3.8, 4) is 0 Å². The van der Waals surface area contributed by atoms with Crippen LogP contribution < -0.4 is 10.6 Å². The fraction of sp³-hybridized carbons (Fsp3) is 0.273. The first-order chi connectivity index (χ1) is 13.5. The standard InChI is InChI=1S/C22H21FN2O3/c1-12-11-17-19(21(26)18(12)22(27)28-2)20(13-7-3-4-8-14(13)23)25-16-10-6-5-9-15(16)24-17/h3-10,12,18,20,24-25H,11H2,1-2H3/t12-,18+,20-/m0/s1. The third-order valence-corrected chi connectivity index (χ3v) is 5.44. The maximum atomic E-state index is 14.7. The first kappa shape index (κ1) is 18.2. The highest BCUT2D eigenvalue weighted by Crippen LogP contribution is 2.44. The third-order valence-electron chi connectivity index (χ3n) is 5.44. The molecule has 0 saturated heterocycles. The number of carbonyl (C=O) groups excluding carboxylic acids is 2. The zero-order valence-corrected chi connectivity index (χ0v) is 15.7. The van der Waals surface area contributed by atoms with E-state index >= 15 is 0 Å². The number of para-hydroxylation sites is 2. The van der Waals surface area contributed by atoms with E-state index in [2.05, 4.69) is 10.6 Å². The van der Waals surface area contributed by atoms with Crippen LogP contribution in [0.5, 0.6) is 0 Å². The molecule has 28 heavy (non-hydrogen) atoms. The summed E-state index contributed by atoms with van der Waals surface area (Å²) in [5.74, 6) is -2.42. The molecule has 6 heteroatoms. The minimum atomic E-state index is -0.900. The van der Waals surface area contributed by atoms with E-state index in [0.717, 1.165) is 11.4 Å². The van der Waals surface area contributed by atoms with Gasteiger partial charge in [0, 0.05) is 16.8 Å². The highest BCUT2D eigenvalue weighted by atomic mass is 19.1. The number of rotatable bonds is 2. The summed E-state index contributed by atoms with van der Waals surface area (Å²) in [6, 6.07) is 13.2. The Hall–Kier alpha value is -3.15. The van der Waals surface area contributed by atoms with Crippen molar-refractivity contribution in [2.45, 2.75) is 19.4 Å². The summed E-state index contributed by atoms with van der Waals surface area (Å²) in [7, 11) is 1.28. The second kappa shape index (κ2) is 7.11. The molecule has 0 spiro atoms. The van der Waals surface area contributed by atoms with E-state index in [-0.39, 0.29) is 11.7 Å². The number of anilines is 2. The number of allylic oxidation sites excluding steroid dienone is 1. The number of halogens is 1. The molecule has 4 rings (SSSR count). The molecule has 0 saturated carbocycles. The quantitative estimate of drug-likeness (QED) is 0.608. The number of fused-ring (bicyclic) bond motifs is 1. The van der Waals surface area contributed by atoms with Crippen LogP contribution in [0, 0.1) is 17.7 Å². The molecule has 0 aromatic heterocycles. The monoisotopic (exact) mass is 380 g/mol. The smallest absolute Gasteiger partial charge is 0.316 e. The van der Waals surface area contributed by atoms with E-state index in [9.17, 15) is 14.0 Å². The lowest BCUT2D eigenvalue weighted by atomic mass is 9.74. The first-order valence-corrected chi connectivity index (χ1v) is 9.23. The van der Waals surface area contributed by atoms with Crippen molar-refractivity contribution in [1.29, 1.82) is 0 Å². The SMILES string of the molecule is COC(=O)[C@H]1C(=O)C2=C(C[C@@H]1C)Nc1ccccc1N[C@H]2c1ccccc1F. The van der Waals surface area contributed by atoms with E-state index in [1.165, 1.54) is 13.2 Å². The molecular weight excluding hydrogens is 359 g/mol. The van der Waals surface area contributed by atoms with Crippen LogP contribution in [0.2, 0.25) is 0 Å². The van der Waals surface area contributed by atoms with Gasteiger partial charge in [0.05, 0.1) is 24.5 Å². The van der Waals surface area contributed by atoms with Gasteiger partial charge in [-0.3, -0.25) is 9.59 Å². The van der Waals surface area contributed by atoms with Gasteiger partial charge in [0.1, 0.15) is 11.7 Å². The van der Waals surface area contributed by atoms with Crippen LogP contribution in [0.3, 0.4) is 0 Å². The maximum Gasteiger partial charge on any atom is 0.316 e. The number of carbonyl (C=O) groups is 2. The molecule has 1 heterocycles. The molecule has 0 unspecified atom stereocenters. The fourth-order valence-electron chi connectivity index (χ4n) is 4.08. The second-order valence-electron chi connectivity index (χ2n) is 7.21. The topological polar surface area (TPSA) is 67.4 Å². The number of methoxy groups -OCH3 is 1. The minimum Gasteiger partial charge on any atom is -0.468 e. The predicted molar refractivity (Wildman–Crippen MR) is 104 cm³/mol. The summed E-state index contributed by atoms with van der Waals surface area (Å²) in [5.41, 5.74) is 3.03. The summed E-state index contributed by atoms with van der Waals surface area (Å²) in [6.07, 6.45) is 0.488. The predicted octanol–water partition coefficient (Wildman–Crippen LogP) is 4.06. The van der Waals surface area contributed by atoms with Gasteiger partial charge < -0.3 is 15.4 Å². The summed E-state index contributed by atoms with van der Waals surface area (Å²) in [5, 5.41) is 6.65. The van der Waals surface area contributed by atoms with Gasteiger partial charge in [-0.15, -0.1) is 0 Å². The van der Waals surface area contributed by atoms with Crippen molar-refractivity contribution >= 4 is 23.1 Å². The number of benzene rings is 2. The van der Waals surface area contributed by atoms with E-state index in [1.54, 1.807) is 18.2 Å². The summed E-state index contributed by atoms with van der Waals surface area (Å²) >= 11 is 0. The van der Waals surface area contributed by atoms with Gasteiger partial charge in [-0.1, -0.05) is 37.3 Å². The summed E-state index contributed by atoms with van der Waals surface area (Å²) < 4.78 is 19.6. The molecule has 5 nitrogen and oxygen atoms in total. The van der Waals surface area contributed by atoms with Gasteiger partial charge in [-0.2, -0.15) is 0 Å². The van der Waals surface area contributed by atoms with Crippen LogP contribution in [0.25, 0.3) is 0 Å². The molecule has 2 N–H and O–H groups in total. The van der Waals surface area contributed by atoms with Crippen molar-refractivity contribution in [3.05, 3.63) is 71.2 Å². The van der Waals surface area contributed by atoms with Gasteiger partial charge in [0.15, 0.2) is 5.78 Å². The Morgan fingerprint density at radius 2 is 1.79 bits per heavy atom. The highest BCUT2D eigenvalue weighted by Gasteiger charge is 2.44. The molecule has 144 valence electrons. The van der Waals surface area contributed by atoms with Crippen molar-refractivity contribution < 1.29 is 18.7 Å². The zero-order valence-electron chi connectivity index (χ0n) is 15.7. The molecule has 2 aliphatic rings. The Kier molecular flexibility index (Phi) is 4.63. The largest absolute Gasteiger partial charge is 0.468 e. The Morgan fingerprint density at radius 1 is 1.11 bits per heavy atom. The van der Waals surface area contributed by atoms with Crippen LogP contribution in [-0.4, -0.2) is 18.9 Å². The van der Waals surface area contributed by atoms with Crippen molar-refractivity contribution in [2.75, 3.05) is 17.7 Å². The molecule has 0 amide bonds. The van der Waals surface area contributed by atoms with Gasteiger partial charge in [-0.25, -0.2) is 4.39 Å². The van der Waals surface area contributed by atoms with Crippen LogP contribution >= 0.6 is 0 Å². The molecule has 2 aromatic carbocycles. The van der Waals surface area contributed by atoms with E-state index in [4.69, 9.17) is 4.74 Å². The number of ketones is 1. The Balaban J connectivity index is 1.90. The normalized spacial score (nSPS) is 23.7. The molecule has 0 fully saturated rings. The van der Waals surface area contributed by atoms with Gasteiger partial charge in [0.2, 0.25) is 0 Å². The first-order valence-electron chi connectivity index (χ1n) is 9.23. The van der Waals surface area contributed by atoms with Crippen LogP contribution in [0.15, 0.2) is 59.8 Å².